The Morgan fingerprint density at radius 2 is 2.00 bits per heavy atom. The van der Waals surface area contributed by atoms with Crippen molar-refractivity contribution in [1.29, 1.82) is 0 Å². The van der Waals surface area contributed by atoms with E-state index in [0.717, 1.165) is 12.1 Å². The number of hydrogen-bond acceptors (Lipinski definition) is 5. The van der Waals surface area contributed by atoms with Crippen LogP contribution in [-0.4, -0.2) is 45.1 Å². The van der Waals surface area contributed by atoms with Crippen molar-refractivity contribution in [1.82, 2.24) is 10.2 Å². The maximum atomic E-state index is 12.0. The summed E-state index contributed by atoms with van der Waals surface area (Å²) in [6.07, 6.45) is -0.790. The van der Waals surface area contributed by atoms with Crippen molar-refractivity contribution in [3.63, 3.8) is 0 Å². The molecule has 20 heavy (non-hydrogen) atoms. The van der Waals surface area contributed by atoms with E-state index in [2.05, 4.69) is 5.32 Å². The van der Waals surface area contributed by atoms with Gasteiger partial charge in [0, 0.05) is 31.6 Å². The minimum Gasteiger partial charge on any atom is -0.324 e. The van der Waals surface area contributed by atoms with Crippen LogP contribution in [0.5, 0.6) is 0 Å². The molecule has 6 nitrogen and oxygen atoms in total. The van der Waals surface area contributed by atoms with Crippen LogP contribution in [0, 0.1) is 12.8 Å². The van der Waals surface area contributed by atoms with Crippen molar-refractivity contribution in [2.45, 2.75) is 17.9 Å². The molecule has 2 aliphatic rings. The smallest absolute Gasteiger partial charge is 0.324 e. The Hall–Kier alpha value is -1.60. The molecule has 0 spiro atoms. The molecule has 2 aliphatic heterocycles. The number of aryl methyl sites for hydroxylation is 1. The highest BCUT2D eigenvalue weighted by molar-refractivity contribution is 7.87. The third-order valence-corrected chi connectivity index (χ3v) is 5.04. The van der Waals surface area contributed by atoms with Gasteiger partial charge in [0.25, 0.3) is 0 Å². The molecule has 0 aliphatic carbocycles. The summed E-state index contributed by atoms with van der Waals surface area (Å²) < 4.78 is 28.7. The second-order valence-electron chi connectivity index (χ2n) is 5.30. The fourth-order valence-electron chi connectivity index (χ4n) is 2.50. The Kier molecular flexibility index (Phi) is 3.18. The predicted molar refractivity (Wildman–Crippen MR) is 71.7 cm³/mol. The average molecular weight is 296 g/mol. The van der Waals surface area contributed by atoms with Crippen LogP contribution in [0.1, 0.15) is 5.56 Å². The van der Waals surface area contributed by atoms with Crippen LogP contribution < -0.4 is 5.32 Å². The van der Waals surface area contributed by atoms with Crippen LogP contribution in [0.15, 0.2) is 29.2 Å². The van der Waals surface area contributed by atoms with Crippen LogP contribution in [0.3, 0.4) is 0 Å². The van der Waals surface area contributed by atoms with Crippen molar-refractivity contribution in [2.75, 3.05) is 19.6 Å². The van der Waals surface area contributed by atoms with E-state index in [9.17, 15) is 13.2 Å². The monoisotopic (exact) mass is 296 g/mol. The number of hydrogen-bond donors (Lipinski definition) is 1. The summed E-state index contributed by atoms with van der Waals surface area (Å²) in [5, 5.41) is 3.19. The molecule has 1 amide bonds. The molecule has 7 heteroatoms. The van der Waals surface area contributed by atoms with Gasteiger partial charge in [-0.05, 0) is 19.1 Å². The first-order valence-corrected chi connectivity index (χ1v) is 7.90. The first-order chi connectivity index (χ1) is 9.45. The van der Waals surface area contributed by atoms with Crippen molar-refractivity contribution in [3.8, 4) is 0 Å². The number of nitrogens with zero attached hydrogens (tertiary/aromatic N) is 1. The molecule has 2 saturated heterocycles. The Morgan fingerprint density at radius 3 is 2.50 bits per heavy atom. The van der Waals surface area contributed by atoms with Crippen LogP contribution >= 0.6 is 0 Å². The zero-order valence-electron chi connectivity index (χ0n) is 11.1. The molecule has 108 valence electrons. The van der Waals surface area contributed by atoms with Gasteiger partial charge in [0.15, 0.2) is 0 Å². The van der Waals surface area contributed by atoms with E-state index in [0.29, 0.717) is 19.0 Å². The Labute approximate surface area is 117 Å². The Balaban J connectivity index is 1.70. The fraction of sp³-hybridized carbons (Fsp3) is 0.462. The second kappa shape index (κ2) is 4.75. The van der Waals surface area contributed by atoms with Gasteiger partial charge < -0.3 is 14.4 Å². The van der Waals surface area contributed by atoms with Gasteiger partial charge in [-0.2, -0.15) is 8.42 Å². The van der Waals surface area contributed by atoms with Gasteiger partial charge in [-0.15, -0.1) is 0 Å². The molecule has 1 aromatic carbocycles. The summed E-state index contributed by atoms with van der Waals surface area (Å²) in [4.78, 5) is 13.4. The number of nitrogens with one attached hydrogen (secondary N) is 1. The topological polar surface area (TPSA) is 75.7 Å². The molecule has 1 N–H and O–H groups in total. The minimum atomic E-state index is -4.04. The normalized spacial score (nSPS) is 24.9. The van der Waals surface area contributed by atoms with Crippen molar-refractivity contribution in [3.05, 3.63) is 29.8 Å². The molecule has 0 saturated carbocycles. The van der Waals surface area contributed by atoms with E-state index in [1.165, 1.54) is 17.0 Å². The molecular formula is C13H16N2O4S. The van der Waals surface area contributed by atoms with Crippen LogP contribution in [0.25, 0.3) is 0 Å². The molecule has 0 bridgehead atoms. The quantitative estimate of drug-likeness (QED) is 0.814. The van der Waals surface area contributed by atoms with E-state index in [1.807, 2.05) is 6.92 Å². The molecular weight excluding hydrogens is 280 g/mol. The lowest BCUT2D eigenvalue weighted by atomic mass is 9.96. The number of likely N-dealkylation sites (tertiary alicyclic amines) is 1. The number of rotatable bonds is 2. The van der Waals surface area contributed by atoms with Gasteiger partial charge in [-0.25, -0.2) is 4.79 Å². The van der Waals surface area contributed by atoms with Crippen molar-refractivity contribution >= 4 is 16.2 Å². The van der Waals surface area contributed by atoms with Crippen molar-refractivity contribution < 1.29 is 17.4 Å². The molecule has 1 aromatic rings. The number of amides is 1. The average Bonchev–Trinajstić information content (AvgIpc) is 2.65. The minimum absolute atomic E-state index is 0.00301. The summed E-state index contributed by atoms with van der Waals surface area (Å²) in [5.41, 5.74) is 0.942. The summed E-state index contributed by atoms with van der Waals surface area (Å²) in [6, 6.07) is 6.49. The zero-order chi connectivity index (χ0) is 14.3. The fourth-order valence-corrected chi connectivity index (χ4v) is 3.36. The Bertz CT molecular complexity index is 614. The largest absolute Gasteiger partial charge is 0.425 e. The third kappa shape index (κ3) is 2.38. The van der Waals surface area contributed by atoms with E-state index in [1.54, 1.807) is 12.1 Å². The van der Waals surface area contributed by atoms with E-state index in [4.69, 9.17) is 4.18 Å². The summed E-state index contributed by atoms with van der Waals surface area (Å²) in [6.45, 7) is 3.79. The van der Waals surface area contributed by atoms with Gasteiger partial charge in [0.05, 0.1) is 0 Å². The van der Waals surface area contributed by atoms with Crippen LogP contribution in [0.4, 0.5) is 4.79 Å². The van der Waals surface area contributed by atoms with Gasteiger partial charge in [-0.3, -0.25) is 0 Å². The molecule has 0 aromatic heterocycles. The number of fused-ring (bicyclic) bond motifs is 1. The molecule has 2 atom stereocenters. The summed E-state index contributed by atoms with van der Waals surface area (Å²) in [7, 11) is -4.04. The standard InChI is InChI=1S/C13H16N2O4S/c1-9-2-4-11(5-3-9)20(17,18)19-13(16)15-7-10-6-14-12(10)8-15/h2-5,10,12,14H,6-8H2,1H3/t10-,12+/m0/s1. The van der Waals surface area contributed by atoms with Crippen LogP contribution in [0.2, 0.25) is 0 Å². The van der Waals surface area contributed by atoms with E-state index >= 15 is 0 Å². The van der Waals surface area contributed by atoms with Gasteiger partial charge in [-0.1, -0.05) is 17.7 Å². The molecule has 3 rings (SSSR count). The SMILES string of the molecule is Cc1ccc(S(=O)(=O)OC(=O)N2C[C@@H]3CN[C@@H]3C2)cc1. The first-order valence-electron chi connectivity index (χ1n) is 6.49. The molecule has 0 unspecified atom stereocenters. The number of carbonyl (C=O) groups excluding carboxylic acids is 1. The molecule has 0 radical (unpaired) electrons. The van der Waals surface area contributed by atoms with Crippen LogP contribution in [-0.2, 0) is 14.3 Å². The highest BCUT2D eigenvalue weighted by atomic mass is 32.2. The number of benzene rings is 1. The van der Waals surface area contributed by atoms with Gasteiger partial charge in [0.1, 0.15) is 4.90 Å². The molecule has 2 fully saturated rings. The van der Waals surface area contributed by atoms with E-state index in [-0.39, 0.29) is 10.9 Å². The lowest BCUT2D eigenvalue weighted by Gasteiger charge is -2.29. The highest BCUT2D eigenvalue weighted by Gasteiger charge is 2.42. The maximum absolute atomic E-state index is 12.0. The van der Waals surface area contributed by atoms with Gasteiger partial charge in [0.2, 0.25) is 0 Å². The molecule has 2 heterocycles. The second-order valence-corrected chi connectivity index (χ2v) is 6.84. The lowest BCUT2D eigenvalue weighted by Crippen LogP contribution is -2.51. The first kappa shape index (κ1) is 13.4. The summed E-state index contributed by atoms with van der Waals surface area (Å²) in [5.74, 6) is 0.421. The Morgan fingerprint density at radius 1 is 1.30 bits per heavy atom. The zero-order valence-corrected chi connectivity index (χ0v) is 11.9. The third-order valence-electron chi connectivity index (χ3n) is 3.83. The highest BCUT2D eigenvalue weighted by Crippen LogP contribution is 2.24. The lowest BCUT2D eigenvalue weighted by molar-refractivity contribution is 0.164. The van der Waals surface area contributed by atoms with E-state index < -0.39 is 16.2 Å². The maximum Gasteiger partial charge on any atom is 0.425 e. The summed E-state index contributed by atoms with van der Waals surface area (Å²) >= 11 is 0. The van der Waals surface area contributed by atoms with Gasteiger partial charge >= 0.3 is 16.2 Å². The van der Waals surface area contributed by atoms with Crippen molar-refractivity contribution in [2.24, 2.45) is 5.92 Å². The predicted octanol–water partition coefficient (Wildman–Crippen LogP) is 0.724. The number of carbonyl (C=O) groups is 1.